The Hall–Kier alpha value is -1.73. The summed E-state index contributed by atoms with van der Waals surface area (Å²) < 4.78 is 27.3. The highest BCUT2D eigenvalue weighted by Gasteiger charge is 2.21. The van der Waals surface area contributed by atoms with Gasteiger partial charge in [-0.1, -0.05) is 11.6 Å². The summed E-state index contributed by atoms with van der Waals surface area (Å²) in [6, 6.07) is 2.61. The number of nitro groups is 1. The maximum atomic E-state index is 12.4. The van der Waals surface area contributed by atoms with Crippen LogP contribution in [0.15, 0.2) is 28.7 Å². The molecule has 0 unspecified atom stereocenters. The average molecular weight is 338 g/mol. The van der Waals surface area contributed by atoms with E-state index in [2.05, 4.69) is 10.8 Å². The minimum atomic E-state index is -3.74. The van der Waals surface area contributed by atoms with Crippen LogP contribution in [0.5, 0.6) is 0 Å². The molecule has 2 rings (SSSR count). The van der Waals surface area contributed by atoms with Gasteiger partial charge in [-0.25, -0.2) is 13.1 Å². The Morgan fingerprint density at radius 2 is 2.00 bits per heavy atom. The van der Waals surface area contributed by atoms with E-state index < -0.39 is 14.9 Å². The SMILES string of the molecule is Cc1cc(S(=O)(=O)NCCC2=CCCCC2)cc([N+](=O)[O-])c1C. The number of hydrogen-bond donors (Lipinski definition) is 1. The van der Waals surface area contributed by atoms with Crippen molar-refractivity contribution in [2.45, 2.75) is 50.8 Å². The zero-order valence-corrected chi connectivity index (χ0v) is 14.3. The van der Waals surface area contributed by atoms with Crippen molar-refractivity contribution in [2.24, 2.45) is 0 Å². The van der Waals surface area contributed by atoms with Crippen LogP contribution in [0.25, 0.3) is 0 Å². The minimum Gasteiger partial charge on any atom is -0.258 e. The predicted octanol–water partition coefficient (Wildman–Crippen LogP) is 3.38. The van der Waals surface area contributed by atoms with Crippen molar-refractivity contribution in [3.05, 3.63) is 45.0 Å². The van der Waals surface area contributed by atoms with Crippen molar-refractivity contribution in [3.63, 3.8) is 0 Å². The molecule has 0 heterocycles. The number of nitrogens with one attached hydrogen (secondary N) is 1. The molecule has 1 aliphatic rings. The first-order valence-electron chi connectivity index (χ1n) is 7.74. The van der Waals surface area contributed by atoms with E-state index in [0.29, 0.717) is 24.1 Å². The Bertz CT molecular complexity index is 739. The van der Waals surface area contributed by atoms with Crippen molar-refractivity contribution >= 4 is 15.7 Å². The molecule has 0 fully saturated rings. The van der Waals surface area contributed by atoms with Gasteiger partial charge in [-0.05, 0) is 57.6 Å². The molecule has 0 aliphatic heterocycles. The van der Waals surface area contributed by atoms with E-state index in [9.17, 15) is 18.5 Å². The molecular formula is C16H22N2O4S. The minimum absolute atomic E-state index is 0.0510. The Morgan fingerprint density at radius 1 is 1.26 bits per heavy atom. The molecule has 0 aromatic heterocycles. The third-order valence-corrected chi connectivity index (χ3v) is 5.68. The van der Waals surface area contributed by atoms with Crippen molar-refractivity contribution in [1.29, 1.82) is 0 Å². The van der Waals surface area contributed by atoms with Crippen LogP contribution in [0.4, 0.5) is 5.69 Å². The van der Waals surface area contributed by atoms with Gasteiger partial charge < -0.3 is 0 Å². The Balaban J connectivity index is 2.13. The van der Waals surface area contributed by atoms with E-state index in [1.54, 1.807) is 13.8 Å². The highest BCUT2D eigenvalue weighted by atomic mass is 32.2. The number of sulfonamides is 1. The Kier molecular flexibility index (Phi) is 5.54. The van der Waals surface area contributed by atoms with Crippen molar-refractivity contribution in [3.8, 4) is 0 Å². The molecule has 0 radical (unpaired) electrons. The lowest BCUT2D eigenvalue weighted by atomic mass is 9.97. The predicted molar refractivity (Wildman–Crippen MR) is 88.9 cm³/mol. The fourth-order valence-corrected chi connectivity index (χ4v) is 3.85. The summed E-state index contributed by atoms with van der Waals surface area (Å²) in [5, 5.41) is 11.1. The van der Waals surface area contributed by atoms with Gasteiger partial charge in [-0.2, -0.15) is 0 Å². The smallest absolute Gasteiger partial charge is 0.258 e. The van der Waals surface area contributed by atoms with E-state index in [1.165, 1.54) is 18.1 Å². The summed E-state index contributed by atoms with van der Waals surface area (Å²) in [5.74, 6) is 0. The highest BCUT2D eigenvalue weighted by molar-refractivity contribution is 7.89. The van der Waals surface area contributed by atoms with Gasteiger partial charge in [0.1, 0.15) is 0 Å². The zero-order chi connectivity index (χ0) is 17.0. The molecule has 0 amide bonds. The van der Waals surface area contributed by atoms with Crippen LogP contribution >= 0.6 is 0 Å². The molecule has 0 saturated carbocycles. The molecule has 1 aromatic carbocycles. The van der Waals surface area contributed by atoms with E-state index in [-0.39, 0.29) is 10.6 Å². The van der Waals surface area contributed by atoms with Crippen LogP contribution in [0.1, 0.15) is 43.2 Å². The van der Waals surface area contributed by atoms with Crippen LogP contribution in [-0.4, -0.2) is 19.9 Å². The van der Waals surface area contributed by atoms with Crippen LogP contribution in [-0.2, 0) is 10.0 Å². The van der Waals surface area contributed by atoms with Crippen LogP contribution < -0.4 is 4.72 Å². The Morgan fingerprint density at radius 3 is 2.61 bits per heavy atom. The van der Waals surface area contributed by atoms with Gasteiger partial charge in [0.05, 0.1) is 9.82 Å². The number of nitrogens with zero attached hydrogens (tertiary/aromatic N) is 1. The quantitative estimate of drug-likeness (QED) is 0.489. The molecule has 1 N–H and O–H groups in total. The molecular weight excluding hydrogens is 316 g/mol. The topological polar surface area (TPSA) is 89.3 Å². The van der Waals surface area contributed by atoms with E-state index in [1.807, 2.05) is 0 Å². The number of allylic oxidation sites excluding steroid dienone is 1. The van der Waals surface area contributed by atoms with Crippen LogP contribution in [0.2, 0.25) is 0 Å². The zero-order valence-electron chi connectivity index (χ0n) is 13.5. The summed E-state index contributed by atoms with van der Waals surface area (Å²) in [5.41, 5.74) is 2.20. The lowest BCUT2D eigenvalue weighted by molar-refractivity contribution is -0.385. The first kappa shape index (κ1) is 17.6. The van der Waals surface area contributed by atoms with Gasteiger partial charge in [-0.3, -0.25) is 10.1 Å². The van der Waals surface area contributed by atoms with Gasteiger partial charge in [0, 0.05) is 18.2 Å². The van der Waals surface area contributed by atoms with Crippen LogP contribution in [0.3, 0.4) is 0 Å². The second kappa shape index (κ2) is 7.23. The highest BCUT2D eigenvalue weighted by Crippen LogP contribution is 2.26. The number of benzene rings is 1. The standard InChI is InChI=1S/C16H22N2O4S/c1-12-10-15(11-16(13(12)2)18(19)20)23(21,22)17-9-8-14-6-4-3-5-7-14/h6,10-11,17H,3-5,7-9H2,1-2H3. The van der Waals surface area contributed by atoms with Gasteiger partial charge in [-0.15, -0.1) is 0 Å². The summed E-state index contributed by atoms with van der Waals surface area (Å²) in [4.78, 5) is 10.5. The lowest BCUT2D eigenvalue weighted by Gasteiger charge is -2.13. The fraction of sp³-hybridized carbons (Fsp3) is 0.500. The van der Waals surface area contributed by atoms with Gasteiger partial charge in [0.25, 0.3) is 5.69 Å². The number of aryl methyl sites for hydroxylation is 1. The maximum Gasteiger partial charge on any atom is 0.273 e. The fourth-order valence-electron chi connectivity index (χ4n) is 2.71. The normalized spacial score (nSPS) is 15.3. The van der Waals surface area contributed by atoms with E-state index in [0.717, 1.165) is 25.3 Å². The largest absolute Gasteiger partial charge is 0.273 e. The number of hydrogen-bond acceptors (Lipinski definition) is 4. The third kappa shape index (κ3) is 4.39. The van der Waals surface area contributed by atoms with Crippen molar-refractivity contribution < 1.29 is 13.3 Å². The average Bonchev–Trinajstić information content (AvgIpc) is 2.50. The maximum absolute atomic E-state index is 12.4. The summed E-state index contributed by atoms with van der Waals surface area (Å²) in [6.07, 6.45) is 7.30. The van der Waals surface area contributed by atoms with Gasteiger partial charge in [0.2, 0.25) is 10.0 Å². The Labute approximate surface area is 136 Å². The summed E-state index contributed by atoms with van der Waals surface area (Å²) in [7, 11) is -3.74. The lowest BCUT2D eigenvalue weighted by Crippen LogP contribution is -2.25. The second-order valence-electron chi connectivity index (χ2n) is 5.90. The molecule has 7 heteroatoms. The summed E-state index contributed by atoms with van der Waals surface area (Å²) >= 11 is 0. The first-order valence-corrected chi connectivity index (χ1v) is 9.23. The van der Waals surface area contributed by atoms with E-state index >= 15 is 0 Å². The van der Waals surface area contributed by atoms with Crippen molar-refractivity contribution in [1.82, 2.24) is 4.72 Å². The summed E-state index contributed by atoms with van der Waals surface area (Å²) in [6.45, 7) is 3.61. The molecule has 1 aromatic rings. The number of nitro benzene ring substituents is 1. The molecule has 6 nitrogen and oxygen atoms in total. The monoisotopic (exact) mass is 338 g/mol. The van der Waals surface area contributed by atoms with Gasteiger partial charge in [0.15, 0.2) is 0 Å². The molecule has 0 spiro atoms. The molecule has 1 aliphatic carbocycles. The van der Waals surface area contributed by atoms with Crippen molar-refractivity contribution in [2.75, 3.05) is 6.54 Å². The molecule has 126 valence electrons. The molecule has 0 bridgehead atoms. The molecule has 0 atom stereocenters. The number of rotatable bonds is 6. The second-order valence-corrected chi connectivity index (χ2v) is 7.66. The molecule has 23 heavy (non-hydrogen) atoms. The van der Waals surface area contributed by atoms with Gasteiger partial charge >= 0.3 is 0 Å². The third-order valence-electron chi connectivity index (χ3n) is 4.24. The van der Waals surface area contributed by atoms with Crippen LogP contribution in [0, 0.1) is 24.0 Å². The first-order chi connectivity index (χ1) is 10.8. The molecule has 0 saturated heterocycles. The van der Waals surface area contributed by atoms with E-state index in [4.69, 9.17) is 0 Å².